The van der Waals surface area contributed by atoms with Crippen LogP contribution in [-0.4, -0.2) is 30.3 Å². The van der Waals surface area contributed by atoms with Gasteiger partial charge in [0.15, 0.2) is 0 Å². The first kappa shape index (κ1) is 20.1. The number of amides is 1. The average Bonchev–Trinajstić information content (AvgIpc) is 2.48. The molecule has 1 rings (SSSR count). The summed E-state index contributed by atoms with van der Waals surface area (Å²) in [5.41, 5.74) is -0.0721. The molecule has 128 valence electrons. The Morgan fingerprint density at radius 1 is 1.35 bits per heavy atom. The first-order valence-corrected chi connectivity index (χ1v) is 9.14. The molecule has 4 nitrogen and oxygen atoms in total. The van der Waals surface area contributed by atoms with Gasteiger partial charge in [0.2, 0.25) is 5.91 Å². The Balaban J connectivity index is 2.54. The summed E-state index contributed by atoms with van der Waals surface area (Å²) in [6.45, 7) is 3.63. The van der Waals surface area contributed by atoms with E-state index in [-0.39, 0.29) is 11.7 Å². The van der Waals surface area contributed by atoms with Crippen molar-refractivity contribution in [2.45, 2.75) is 38.0 Å². The van der Waals surface area contributed by atoms with Gasteiger partial charge in [-0.05, 0) is 31.0 Å². The maximum atomic E-state index is 12.1. The van der Waals surface area contributed by atoms with Crippen molar-refractivity contribution >= 4 is 46.8 Å². The number of nitrogens with one attached hydrogen (secondary N) is 1. The maximum absolute atomic E-state index is 12.1. The minimum Gasteiger partial charge on any atom is -0.467 e. The molecule has 1 amide bonds. The van der Waals surface area contributed by atoms with Crippen LogP contribution in [0.4, 0.5) is 0 Å². The molecule has 0 aliphatic heterocycles. The summed E-state index contributed by atoms with van der Waals surface area (Å²) in [7, 11) is 1.32. The van der Waals surface area contributed by atoms with Crippen LogP contribution in [-0.2, 0) is 20.1 Å². The summed E-state index contributed by atoms with van der Waals surface area (Å²) >= 11 is 13.4. The molecule has 0 spiro atoms. The van der Waals surface area contributed by atoms with Crippen LogP contribution in [0.25, 0.3) is 0 Å². The topological polar surface area (TPSA) is 55.4 Å². The van der Waals surface area contributed by atoms with Gasteiger partial charge in [0.05, 0.1) is 12.9 Å². The van der Waals surface area contributed by atoms with E-state index in [1.165, 1.54) is 18.9 Å². The van der Waals surface area contributed by atoms with Crippen LogP contribution in [0.3, 0.4) is 0 Å². The van der Waals surface area contributed by atoms with Gasteiger partial charge >= 0.3 is 5.97 Å². The van der Waals surface area contributed by atoms with E-state index in [1.54, 1.807) is 19.1 Å². The molecule has 0 saturated heterocycles. The number of carbonyl (C=O) groups excluding carboxylic acids is 2. The quantitative estimate of drug-likeness (QED) is 0.693. The second-order valence-corrected chi connectivity index (χ2v) is 7.18. The van der Waals surface area contributed by atoms with Crippen LogP contribution in [0.15, 0.2) is 18.2 Å². The van der Waals surface area contributed by atoms with E-state index in [1.807, 2.05) is 13.0 Å². The highest BCUT2D eigenvalue weighted by molar-refractivity contribution is 7.99. The van der Waals surface area contributed by atoms with E-state index < -0.39 is 11.5 Å². The Kier molecular flexibility index (Phi) is 8.23. The SMILES string of the molecule is CCCC(C)(NC(=O)CSCc1ccc(Cl)cc1Cl)C(=O)OC. The lowest BCUT2D eigenvalue weighted by molar-refractivity contribution is -0.150. The smallest absolute Gasteiger partial charge is 0.331 e. The molecule has 0 aromatic heterocycles. The van der Waals surface area contributed by atoms with Gasteiger partial charge in [-0.25, -0.2) is 4.79 Å². The zero-order chi connectivity index (χ0) is 17.5. The molecule has 0 heterocycles. The highest BCUT2D eigenvalue weighted by Crippen LogP contribution is 2.24. The van der Waals surface area contributed by atoms with Crippen molar-refractivity contribution in [3.05, 3.63) is 33.8 Å². The van der Waals surface area contributed by atoms with Crippen LogP contribution in [0, 0.1) is 0 Å². The molecule has 0 radical (unpaired) electrons. The number of hydrogen-bond acceptors (Lipinski definition) is 4. The van der Waals surface area contributed by atoms with Gasteiger partial charge in [0.1, 0.15) is 5.54 Å². The third-order valence-electron chi connectivity index (χ3n) is 3.31. The molecule has 1 aromatic carbocycles. The lowest BCUT2D eigenvalue weighted by Crippen LogP contribution is -2.53. The van der Waals surface area contributed by atoms with E-state index >= 15 is 0 Å². The summed E-state index contributed by atoms with van der Waals surface area (Å²) in [6.07, 6.45) is 1.29. The molecule has 1 unspecified atom stereocenters. The van der Waals surface area contributed by atoms with Gasteiger partial charge in [-0.2, -0.15) is 0 Å². The number of thioether (sulfide) groups is 1. The van der Waals surface area contributed by atoms with Gasteiger partial charge in [0, 0.05) is 15.8 Å². The van der Waals surface area contributed by atoms with Crippen LogP contribution in [0.5, 0.6) is 0 Å². The lowest BCUT2D eigenvalue weighted by Gasteiger charge is -2.27. The number of hydrogen-bond donors (Lipinski definition) is 1. The standard InChI is InChI=1S/C16H21Cl2NO3S/c1-4-7-16(2,15(21)22-3)19-14(20)10-23-9-11-5-6-12(17)8-13(11)18/h5-6,8H,4,7,9-10H2,1-3H3,(H,19,20). The van der Waals surface area contributed by atoms with E-state index in [0.29, 0.717) is 22.2 Å². The van der Waals surface area contributed by atoms with Crippen molar-refractivity contribution in [3.8, 4) is 0 Å². The summed E-state index contributed by atoms with van der Waals surface area (Å²) in [6, 6.07) is 5.28. The zero-order valence-electron chi connectivity index (χ0n) is 13.4. The van der Waals surface area contributed by atoms with Crippen LogP contribution < -0.4 is 5.32 Å². The number of carbonyl (C=O) groups is 2. The predicted octanol–water partition coefficient (Wildman–Crippen LogP) is 4.07. The average molecular weight is 378 g/mol. The van der Waals surface area contributed by atoms with Crippen LogP contribution in [0.1, 0.15) is 32.3 Å². The number of ether oxygens (including phenoxy) is 1. The van der Waals surface area contributed by atoms with Crippen molar-refractivity contribution in [1.82, 2.24) is 5.32 Å². The van der Waals surface area contributed by atoms with Crippen molar-refractivity contribution in [3.63, 3.8) is 0 Å². The van der Waals surface area contributed by atoms with E-state index in [2.05, 4.69) is 5.32 Å². The number of methoxy groups -OCH3 is 1. The second kappa shape index (κ2) is 9.40. The van der Waals surface area contributed by atoms with Gasteiger partial charge in [-0.3, -0.25) is 4.79 Å². The Bertz CT molecular complexity index is 568. The summed E-state index contributed by atoms with van der Waals surface area (Å²) in [5, 5.41) is 3.92. The van der Waals surface area contributed by atoms with Crippen molar-refractivity contribution < 1.29 is 14.3 Å². The number of halogens is 2. The molecule has 1 aromatic rings. The fraction of sp³-hybridized carbons (Fsp3) is 0.500. The Morgan fingerprint density at radius 2 is 2.04 bits per heavy atom. The molecule has 0 aliphatic carbocycles. The van der Waals surface area contributed by atoms with Crippen LogP contribution >= 0.6 is 35.0 Å². The highest BCUT2D eigenvalue weighted by Gasteiger charge is 2.34. The minimum atomic E-state index is -0.987. The van der Waals surface area contributed by atoms with E-state index in [9.17, 15) is 9.59 Å². The second-order valence-electron chi connectivity index (χ2n) is 5.35. The predicted molar refractivity (Wildman–Crippen MR) is 96.1 cm³/mol. The molecule has 7 heteroatoms. The van der Waals surface area contributed by atoms with Crippen LogP contribution in [0.2, 0.25) is 10.0 Å². The minimum absolute atomic E-state index is 0.207. The number of benzene rings is 1. The Labute approximate surface area is 151 Å². The molecule has 0 bridgehead atoms. The van der Waals surface area contributed by atoms with Crippen molar-refractivity contribution in [1.29, 1.82) is 0 Å². The van der Waals surface area contributed by atoms with E-state index in [4.69, 9.17) is 27.9 Å². The maximum Gasteiger partial charge on any atom is 0.331 e. The zero-order valence-corrected chi connectivity index (χ0v) is 15.8. The monoisotopic (exact) mass is 377 g/mol. The third-order valence-corrected chi connectivity index (χ3v) is 4.88. The molecule has 1 atom stereocenters. The largest absolute Gasteiger partial charge is 0.467 e. The molecular formula is C16H21Cl2NO3S. The Hall–Kier alpha value is -0.910. The fourth-order valence-electron chi connectivity index (χ4n) is 2.18. The van der Waals surface area contributed by atoms with Gasteiger partial charge in [0.25, 0.3) is 0 Å². The summed E-state index contributed by atoms with van der Waals surface area (Å²) < 4.78 is 4.78. The molecule has 0 saturated carbocycles. The van der Waals surface area contributed by atoms with Gasteiger partial charge < -0.3 is 10.1 Å². The molecule has 1 N–H and O–H groups in total. The highest BCUT2D eigenvalue weighted by atomic mass is 35.5. The number of esters is 1. The Morgan fingerprint density at radius 3 is 2.61 bits per heavy atom. The normalized spacial score (nSPS) is 13.3. The fourth-order valence-corrected chi connectivity index (χ4v) is 3.56. The molecular weight excluding hydrogens is 357 g/mol. The molecule has 0 fully saturated rings. The van der Waals surface area contributed by atoms with Gasteiger partial charge in [-0.15, -0.1) is 11.8 Å². The first-order valence-electron chi connectivity index (χ1n) is 7.23. The van der Waals surface area contributed by atoms with Crippen molar-refractivity contribution in [2.75, 3.05) is 12.9 Å². The van der Waals surface area contributed by atoms with Crippen molar-refractivity contribution in [2.24, 2.45) is 0 Å². The van der Waals surface area contributed by atoms with Gasteiger partial charge in [-0.1, -0.05) is 42.6 Å². The molecule has 23 heavy (non-hydrogen) atoms. The summed E-state index contributed by atoms with van der Waals surface area (Å²) in [5.74, 6) is 0.182. The number of rotatable bonds is 8. The third kappa shape index (κ3) is 6.24. The molecule has 0 aliphatic rings. The van der Waals surface area contributed by atoms with E-state index in [0.717, 1.165) is 12.0 Å². The first-order chi connectivity index (χ1) is 10.8. The summed E-state index contributed by atoms with van der Waals surface area (Å²) in [4.78, 5) is 23.9. The lowest BCUT2D eigenvalue weighted by atomic mass is 9.96.